The van der Waals surface area contributed by atoms with Gasteiger partial charge in [-0.2, -0.15) is 0 Å². The summed E-state index contributed by atoms with van der Waals surface area (Å²) < 4.78 is 0. The summed E-state index contributed by atoms with van der Waals surface area (Å²) in [6.07, 6.45) is 3.63. The molecule has 0 aliphatic heterocycles. The lowest BCUT2D eigenvalue weighted by molar-refractivity contribution is -0.117. The minimum Gasteiger partial charge on any atom is -0.295 e. The second-order valence-electron chi connectivity index (χ2n) is 4.86. The molecule has 0 aromatic carbocycles. The summed E-state index contributed by atoms with van der Waals surface area (Å²) in [4.78, 5) is 11.3. The maximum atomic E-state index is 11.3. The van der Waals surface area contributed by atoms with Crippen LogP contribution in [-0.2, 0) is 4.79 Å². The molecule has 1 aliphatic rings. The summed E-state index contributed by atoms with van der Waals surface area (Å²) in [7, 11) is 0. The Morgan fingerprint density at radius 3 is 2.33 bits per heavy atom. The molecule has 0 spiro atoms. The molecule has 0 radical (unpaired) electrons. The normalized spacial score (nSPS) is 22.8. The first kappa shape index (κ1) is 9.50. The highest BCUT2D eigenvalue weighted by molar-refractivity contribution is 5.91. The summed E-state index contributed by atoms with van der Waals surface area (Å²) in [6, 6.07) is 0. The molecule has 1 nitrogen and oxygen atoms in total. The molecule has 0 saturated carbocycles. The highest BCUT2D eigenvalue weighted by Gasteiger charge is 2.27. The molecule has 1 heteroatoms. The minimum absolute atomic E-state index is 0.186. The first-order valence-electron chi connectivity index (χ1n) is 4.64. The molecule has 0 atom stereocenters. The predicted octanol–water partition coefficient (Wildman–Crippen LogP) is 2.96. The number of carbonyl (C=O) groups is 1. The van der Waals surface area contributed by atoms with E-state index >= 15 is 0 Å². The molecule has 0 bridgehead atoms. The van der Waals surface area contributed by atoms with E-state index in [4.69, 9.17) is 0 Å². The van der Waals surface area contributed by atoms with Crippen molar-refractivity contribution in [3.63, 3.8) is 0 Å². The Hall–Kier alpha value is -0.590. The van der Waals surface area contributed by atoms with Crippen molar-refractivity contribution in [2.75, 3.05) is 0 Å². The molecule has 68 valence electrons. The summed E-state index contributed by atoms with van der Waals surface area (Å²) in [5.74, 6) is 0.823. The monoisotopic (exact) mass is 166 g/mol. The van der Waals surface area contributed by atoms with E-state index in [1.807, 2.05) is 6.08 Å². The third-order valence-electron chi connectivity index (χ3n) is 2.42. The van der Waals surface area contributed by atoms with Crippen LogP contribution in [0.3, 0.4) is 0 Å². The molecule has 0 fully saturated rings. The van der Waals surface area contributed by atoms with Gasteiger partial charge in [0, 0.05) is 6.42 Å². The molecule has 0 N–H and O–H groups in total. The first-order chi connectivity index (χ1) is 5.41. The Morgan fingerprint density at radius 1 is 1.33 bits per heavy atom. The molecule has 0 aromatic rings. The Bertz CT molecular complexity index is 221. The van der Waals surface area contributed by atoms with Gasteiger partial charge in [-0.1, -0.05) is 33.3 Å². The molecule has 0 unspecified atom stereocenters. The Kier molecular flexibility index (Phi) is 2.41. The molecule has 1 rings (SSSR count). The van der Waals surface area contributed by atoms with Crippen LogP contribution in [0.15, 0.2) is 11.6 Å². The topological polar surface area (TPSA) is 17.1 Å². The number of allylic oxidation sites excluding steroid dienone is 2. The van der Waals surface area contributed by atoms with Crippen molar-refractivity contribution in [3.8, 4) is 0 Å². The third-order valence-corrected chi connectivity index (χ3v) is 2.42. The zero-order valence-electron chi connectivity index (χ0n) is 8.48. The molecule has 0 heterocycles. The van der Waals surface area contributed by atoms with E-state index in [0.717, 1.165) is 6.42 Å². The summed E-state index contributed by atoms with van der Waals surface area (Å²) in [5.41, 5.74) is 1.50. The maximum Gasteiger partial charge on any atom is 0.156 e. The zero-order valence-corrected chi connectivity index (χ0v) is 8.48. The van der Waals surface area contributed by atoms with Gasteiger partial charge in [-0.25, -0.2) is 0 Å². The Balaban J connectivity index is 2.84. The van der Waals surface area contributed by atoms with Crippen LogP contribution in [0, 0.1) is 11.3 Å². The highest BCUT2D eigenvalue weighted by atomic mass is 16.1. The molecule has 0 saturated heterocycles. The van der Waals surface area contributed by atoms with Crippen LogP contribution >= 0.6 is 0 Å². The van der Waals surface area contributed by atoms with Gasteiger partial charge in [0.05, 0.1) is 0 Å². The van der Waals surface area contributed by atoms with E-state index in [9.17, 15) is 4.79 Å². The molecule has 1 aliphatic carbocycles. The minimum atomic E-state index is 0.186. The zero-order chi connectivity index (χ0) is 9.35. The fourth-order valence-corrected chi connectivity index (χ4v) is 1.77. The Morgan fingerprint density at radius 2 is 1.92 bits per heavy atom. The third kappa shape index (κ3) is 2.20. The fraction of sp³-hybridized carbons (Fsp3) is 0.727. The van der Waals surface area contributed by atoms with Crippen LogP contribution in [0.2, 0.25) is 0 Å². The average molecular weight is 166 g/mol. The number of hydrogen-bond acceptors (Lipinski definition) is 1. The molecular formula is C11H18O. The highest BCUT2D eigenvalue weighted by Crippen LogP contribution is 2.36. The SMILES string of the molecule is CC(C)C1=CC(=O)CC(C)(C)C1. The number of ketones is 1. The van der Waals surface area contributed by atoms with Crippen molar-refractivity contribution in [3.05, 3.63) is 11.6 Å². The molecule has 12 heavy (non-hydrogen) atoms. The van der Waals surface area contributed by atoms with Crippen LogP contribution in [0.1, 0.15) is 40.5 Å². The van der Waals surface area contributed by atoms with Gasteiger partial charge in [0.15, 0.2) is 5.78 Å². The van der Waals surface area contributed by atoms with Crippen molar-refractivity contribution in [1.82, 2.24) is 0 Å². The van der Waals surface area contributed by atoms with E-state index in [-0.39, 0.29) is 5.41 Å². The van der Waals surface area contributed by atoms with Gasteiger partial charge in [-0.3, -0.25) is 4.79 Å². The van der Waals surface area contributed by atoms with Crippen molar-refractivity contribution >= 4 is 5.78 Å². The molecule has 0 aromatic heterocycles. The number of hydrogen-bond donors (Lipinski definition) is 0. The van der Waals surface area contributed by atoms with Crippen molar-refractivity contribution < 1.29 is 4.79 Å². The second kappa shape index (κ2) is 3.04. The number of carbonyl (C=O) groups excluding carboxylic acids is 1. The van der Waals surface area contributed by atoms with Crippen molar-refractivity contribution in [2.24, 2.45) is 11.3 Å². The van der Waals surface area contributed by atoms with Gasteiger partial charge in [-0.15, -0.1) is 0 Å². The average Bonchev–Trinajstić information content (AvgIpc) is 1.82. The second-order valence-corrected chi connectivity index (χ2v) is 4.86. The molecule has 0 amide bonds. The van der Waals surface area contributed by atoms with Crippen LogP contribution < -0.4 is 0 Å². The lowest BCUT2D eigenvalue weighted by Gasteiger charge is -2.30. The van der Waals surface area contributed by atoms with E-state index in [0.29, 0.717) is 18.1 Å². The van der Waals surface area contributed by atoms with E-state index < -0.39 is 0 Å². The lowest BCUT2D eigenvalue weighted by Crippen LogP contribution is -2.23. The van der Waals surface area contributed by atoms with Crippen LogP contribution in [0.25, 0.3) is 0 Å². The smallest absolute Gasteiger partial charge is 0.156 e. The van der Waals surface area contributed by atoms with Gasteiger partial charge in [0.25, 0.3) is 0 Å². The largest absolute Gasteiger partial charge is 0.295 e. The van der Waals surface area contributed by atoms with Crippen molar-refractivity contribution in [2.45, 2.75) is 40.5 Å². The van der Waals surface area contributed by atoms with Crippen molar-refractivity contribution in [1.29, 1.82) is 0 Å². The maximum absolute atomic E-state index is 11.3. The van der Waals surface area contributed by atoms with Gasteiger partial charge >= 0.3 is 0 Å². The van der Waals surface area contributed by atoms with E-state index in [1.165, 1.54) is 5.57 Å². The van der Waals surface area contributed by atoms with E-state index in [1.54, 1.807) is 0 Å². The predicted molar refractivity (Wildman–Crippen MR) is 50.9 cm³/mol. The standard InChI is InChI=1S/C11H18O/c1-8(2)9-5-10(12)7-11(3,4)6-9/h5,8H,6-7H2,1-4H3. The summed E-state index contributed by atoms with van der Waals surface area (Å²) >= 11 is 0. The van der Waals surface area contributed by atoms with Gasteiger partial charge in [-0.05, 0) is 23.8 Å². The summed E-state index contributed by atoms with van der Waals surface area (Å²) in [5, 5.41) is 0. The van der Waals surface area contributed by atoms with E-state index in [2.05, 4.69) is 27.7 Å². The van der Waals surface area contributed by atoms with Crippen LogP contribution in [0.5, 0.6) is 0 Å². The lowest BCUT2D eigenvalue weighted by atomic mass is 9.74. The van der Waals surface area contributed by atoms with Gasteiger partial charge in [0.1, 0.15) is 0 Å². The van der Waals surface area contributed by atoms with Gasteiger partial charge in [0.2, 0.25) is 0 Å². The first-order valence-corrected chi connectivity index (χ1v) is 4.64. The van der Waals surface area contributed by atoms with Gasteiger partial charge < -0.3 is 0 Å². The fourth-order valence-electron chi connectivity index (χ4n) is 1.77. The summed E-state index contributed by atoms with van der Waals surface area (Å²) in [6.45, 7) is 8.64. The van der Waals surface area contributed by atoms with Crippen LogP contribution in [0.4, 0.5) is 0 Å². The van der Waals surface area contributed by atoms with Crippen LogP contribution in [-0.4, -0.2) is 5.78 Å². The number of rotatable bonds is 1. The molecular weight excluding hydrogens is 148 g/mol. The Labute approximate surface area is 74.9 Å². The quantitative estimate of drug-likeness (QED) is 0.585.